The molecule has 0 aromatic carbocycles. The zero-order valence-corrected chi connectivity index (χ0v) is 8.73. The first-order valence-corrected chi connectivity index (χ1v) is 5.13. The number of rotatable bonds is 2. The Hall–Kier alpha value is -1.42. The summed E-state index contributed by atoms with van der Waals surface area (Å²) in [6, 6.07) is 0. The molecule has 0 amide bonds. The van der Waals surface area contributed by atoms with Crippen LogP contribution < -0.4 is 0 Å². The summed E-state index contributed by atoms with van der Waals surface area (Å²) in [6.45, 7) is 4.87. The molecule has 0 unspecified atom stereocenters. The molecule has 2 heterocycles. The second kappa shape index (κ2) is 3.98. The second-order valence-electron chi connectivity index (χ2n) is 3.75. The van der Waals surface area contributed by atoms with Gasteiger partial charge in [0.1, 0.15) is 0 Å². The van der Waals surface area contributed by atoms with Crippen molar-refractivity contribution in [2.24, 2.45) is 0 Å². The van der Waals surface area contributed by atoms with Crippen LogP contribution in [0.25, 0.3) is 0 Å². The van der Waals surface area contributed by atoms with Crippen LogP contribution in [0.4, 0.5) is 0 Å². The fourth-order valence-electron chi connectivity index (χ4n) is 2.01. The minimum Gasteiger partial charge on any atom is -0.478 e. The molecule has 4 nitrogen and oxygen atoms in total. The van der Waals surface area contributed by atoms with Gasteiger partial charge in [0.15, 0.2) is 0 Å². The third-order valence-electron chi connectivity index (χ3n) is 2.90. The van der Waals surface area contributed by atoms with Crippen molar-refractivity contribution in [3.05, 3.63) is 29.1 Å². The number of nitrogens with zero attached hydrogens (tertiary/aromatic N) is 2. The van der Waals surface area contributed by atoms with Gasteiger partial charge in [-0.05, 0) is 24.1 Å². The lowest BCUT2D eigenvalue weighted by Crippen LogP contribution is -2.31. The van der Waals surface area contributed by atoms with E-state index in [2.05, 4.69) is 16.8 Å². The van der Waals surface area contributed by atoms with Gasteiger partial charge in [-0.3, -0.25) is 9.88 Å². The highest BCUT2D eigenvalue weighted by molar-refractivity contribution is 5.89. The Bertz CT molecular complexity index is 390. The monoisotopic (exact) mass is 206 g/mol. The van der Waals surface area contributed by atoms with E-state index >= 15 is 0 Å². The van der Waals surface area contributed by atoms with Crippen LogP contribution in [-0.2, 0) is 13.0 Å². The first kappa shape index (κ1) is 10.1. The van der Waals surface area contributed by atoms with Gasteiger partial charge in [0.05, 0.1) is 5.56 Å². The van der Waals surface area contributed by atoms with E-state index in [1.807, 2.05) is 0 Å². The van der Waals surface area contributed by atoms with Crippen LogP contribution in [0.2, 0.25) is 0 Å². The third kappa shape index (κ3) is 1.85. The number of hydrogen-bond acceptors (Lipinski definition) is 3. The van der Waals surface area contributed by atoms with Crippen molar-refractivity contribution >= 4 is 5.97 Å². The van der Waals surface area contributed by atoms with Gasteiger partial charge in [-0.25, -0.2) is 4.79 Å². The van der Waals surface area contributed by atoms with Crippen LogP contribution >= 0.6 is 0 Å². The highest BCUT2D eigenvalue weighted by Gasteiger charge is 2.20. The van der Waals surface area contributed by atoms with Crippen molar-refractivity contribution in [2.75, 3.05) is 13.1 Å². The lowest BCUT2D eigenvalue weighted by atomic mass is 9.97. The average Bonchev–Trinajstić information content (AvgIpc) is 2.27. The number of pyridine rings is 1. The smallest absolute Gasteiger partial charge is 0.337 e. The number of fused-ring (bicyclic) bond motifs is 1. The van der Waals surface area contributed by atoms with Crippen molar-refractivity contribution < 1.29 is 9.90 Å². The van der Waals surface area contributed by atoms with E-state index in [1.54, 1.807) is 6.20 Å². The molecule has 15 heavy (non-hydrogen) atoms. The van der Waals surface area contributed by atoms with E-state index in [4.69, 9.17) is 5.11 Å². The normalized spacial score (nSPS) is 16.1. The molecule has 1 aliphatic rings. The molecule has 80 valence electrons. The minimum atomic E-state index is -0.871. The molecule has 1 N–H and O–H groups in total. The number of aromatic carboxylic acids is 1. The van der Waals surface area contributed by atoms with Gasteiger partial charge in [0.25, 0.3) is 0 Å². The van der Waals surface area contributed by atoms with Crippen molar-refractivity contribution in [2.45, 2.75) is 19.9 Å². The van der Waals surface area contributed by atoms with Gasteiger partial charge >= 0.3 is 5.97 Å². The van der Waals surface area contributed by atoms with Crippen LogP contribution in [-0.4, -0.2) is 34.0 Å². The fourth-order valence-corrected chi connectivity index (χ4v) is 2.01. The van der Waals surface area contributed by atoms with E-state index in [-0.39, 0.29) is 0 Å². The number of carbonyl (C=O) groups is 1. The summed E-state index contributed by atoms with van der Waals surface area (Å²) in [5.74, 6) is -0.871. The van der Waals surface area contributed by atoms with Crippen LogP contribution in [0.1, 0.15) is 28.4 Å². The topological polar surface area (TPSA) is 53.4 Å². The van der Waals surface area contributed by atoms with Crippen molar-refractivity contribution in [1.29, 1.82) is 0 Å². The zero-order valence-electron chi connectivity index (χ0n) is 8.73. The maximum atomic E-state index is 11.0. The highest BCUT2D eigenvalue weighted by Crippen LogP contribution is 2.21. The summed E-state index contributed by atoms with van der Waals surface area (Å²) >= 11 is 0. The molecule has 0 aliphatic carbocycles. The molecule has 0 bridgehead atoms. The summed E-state index contributed by atoms with van der Waals surface area (Å²) in [5.41, 5.74) is 2.38. The molecule has 0 radical (unpaired) electrons. The lowest BCUT2D eigenvalue weighted by Gasteiger charge is -2.27. The summed E-state index contributed by atoms with van der Waals surface area (Å²) < 4.78 is 0. The Kier molecular flexibility index (Phi) is 2.68. The average molecular weight is 206 g/mol. The molecular weight excluding hydrogens is 192 g/mol. The summed E-state index contributed by atoms with van der Waals surface area (Å²) in [4.78, 5) is 17.2. The van der Waals surface area contributed by atoms with E-state index in [9.17, 15) is 4.79 Å². The van der Waals surface area contributed by atoms with Crippen molar-refractivity contribution in [3.63, 3.8) is 0 Å². The Morgan fingerprint density at radius 1 is 1.60 bits per heavy atom. The van der Waals surface area contributed by atoms with Gasteiger partial charge < -0.3 is 5.11 Å². The van der Waals surface area contributed by atoms with Crippen LogP contribution in [0.5, 0.6) is 0 Å². The lowest BCUT2D eigenvalue weighted by molar-refractivity contribution is 0.0694. The summed E-state index contributed by atoms with van der Waals surface area (Å²) in [6.07, 6.45) is 4.04. The molecule has 2 rings (SSSR count). The minimum absolute atomic E-state index is 0.364. The van der Waals surface area contributed by atoms with E-state index in [0.29, 0.717) is 5.56 Å². The molecule has 0 saturated heterocycles. The van der Waals surface area contributed by atoms with E-state index < -0.39 is 5.97 Å². The molecular formula is C11H14N2O2. The molecule has 0 fully saturated rings. The first-order chi connectivity index (χ1) is 7.22. The quantitative estimate of drug-likeness (QED) is 0.788. The number of likely N-dealkylation sites (N-methyl/N-ethyl adjacent to an activating group) is 1. The van der Waals surface area contributed by atoms with Crippen LogP contribution in [0.15, 0.2) is 12.4 Å². The Labute approximate surface area is 88.6 Å². The van der Waals surface area contributed by atoms with Crippen LogP contribution in [0, 0.1) is 0 Å². The molecule has 1 aromatic heterocycles. The third-order valence-corrected chi connectivity index (χ3v) is 2.90. The number of carboxylic acids is 1. The van der Waals surface area contributed by atoms with Gasteiger partial charge in [-0.15, -0.1) is 0 Å². The van der Waals surface area contributed by atoms with Crippen molar-refractivity contribution in [3.8, 4) is 0 Å². The Morgan fingerprint density at radius 2 is 2.40 bits per heavy atom. The maximum Gasteiger partial charge on any atom is 0.337 e. The number of carboxylic acid groups (broad SMARTS) is 1. The number of aromatic nitrogens is 1. The van der Waals surface area contributed by atoms with Crippen LogP contribution in [0.3, 0.4) is 0 Å². The van der Waals surface area contributed by atoms with Gasteiger partial charge in [-0.1, -0.05) is 6.92 Å². The highest BCUT2D eigenvalue weighted by atomic mass is 16.4. The first-order valence-electron chi connectivity index (χ1n) is 5.13. The molecule has 1 aliphatic heterocycles. The Morgan fingerprint density at radius 3 is 3.07 bits per heavy atom. The van der Waals surface area contributed by atoms with Gasteiger partial charge in [0, 0.05) is 25.5 Å². The molecule has 4 heteroatoms. The largest absolute Gasteiger partial charge is 0.478 e. The molecule has 0 saturated carbocycles. The van der Waals surface area contributed by atoms with E-state index in [0.717, 1.165) is 37.2 Å². The van der Waals surface area contributed by atoms with Gasteiger partial charge in [-0.2, -0.15) is 0 Å². The number of hydrogen-bond donors (Lipinski definition) is 1. The SMILES string of the molecule is CCN1CCc2c(cncc2C(=O)O)C1. The summed E-state index contributed by atoms with van der Waals surface area (Å²) in [5, 5.41) is 9.01. The summed E-state index contributed by atoms with van der Waals surface area (Å²) in [7, 11) is 0. The van der Waals surface area contributed by atoms with Crippen molar-refractivity contribution in [1.82, 2.24) is 9.88 Å². The fraction of sp³-hybridized carbons (Fsp3) is 0.455. The molecule has 0 spiro atoms. The second-order valence-corrected chi connectivity index (χ2v) is 3.75. The Balaban J connectivity index is 2.37. The standard InChI is InChI=1S/C11H14N2O2/c1-2-13-4-3-9-8(7-13)5-12-6-10(9)11(14)15/h5-6H,2-4,7H2,1H3,(H,14,15). The predicted octanol–water partition coefficient (Wildman–Crippen LogP) is 1.16. The molecule has 1 aromatic rings. The maximum absolute atomic E-state index is 11.0. The van der Waals surface area contributed by atoms with Gasteiger partial charge in [0.2, 0.25) is 0 Å². The zero-order chi connectivity index (χ0) is 10.8. The van der Waals surface area contributed by atoms with E-state index in [1.165, 1.54) is 6.20 Å². The molecule has 0 atom stereocenters. The predicted molar refractivity (Wildman–Crippen MR) is 55.9 cm³/mol.